The van der Waals surface area contributed by atoms with Crippen molar-refractivity contribution >= 4 is 0 Å². The minimum atomic E-state index is 0.0459. The molecule has 0 aliphatic carbocycles. The molecule has 0 radical (unpaired) electrons. The van der Waals surface area contributed by atoms with E-state index in [4.69, 9.17) is 10.5 Å². The maximum absolute atomic E-state index is 5.80. The van der Waals surface area contributed by atoms with Gasteiger partial charge in [-0.05, 0) is 20.3 Å². The van der Waals surface area contributed by atoms with E-state index < -0.39 is 0 Å². The molecule has 14 heavy (non-hydrogen) atoms. The molecular formula is C10H19N3O. The topological polar surface area (TPSA) is 53.1 Å². The van der Waals surface area contributed by atoms with Gasteiger partial charge in [-0.25, -0.2) is 4.98 Å². The van der Waals surface area contributed by atoms with Crippen molar-refractivity contribution in [2.75, 3.05) is 13.2 Å². The summed E-state index contributed by atoms with van der Waals surface area (Å²) in [6, 6.07) is 0.0459. The number of ether oxygens (including phenoxy) is 1. The van der Waals surface area contributed by atoms with Gasteiger partial charge in [0.25, 0.3) is 0 Å². The Morgan fingerprint density at radius 3 is 3.07 bits per heavy atom. The van der Waals surface area contributed by atoms with E-state index in [9.17, 15) is 0 Å². The van der Waals surface area contributed by atoms with Crippen LogP contribution in [0.2, 0.25) is 0 Å². The highest BCUT2D eigenvalue weighted by Crippen LogP contribution is 2.08. The molecule has 0 saturated carbocycles. The zero-order valence-electron chi connectivity index (χ0n) is 8.94. The Labute approximate surface area is 85.1 Å². The van der Waals surface area contributed by atoms with Crippen LogP contribution in [0.5, 0.6) is 0 Å². The van der Waals surface area contributed by atoms with E-state index >= 15 is 0 Å². The Morgan fingerprint density at radius 1 is 1.64 bits per heavy atom. The van der Waals surface area contributed by atoms with Gasteiger partial charge < -0.3 is 15.0 Å². The fourth-order valence-corrected chi connectivity index (χ4v) is 1.38. The van der Waals surface area contributed by atoms with Crippen LogP contribution in [0.4, 0.5) is 0 Å². The monoisotopic (exact) mass is 197 g/mol. The summed E-state index contributed by atoms with van der Waals surface area (Å²) < 4.78 is 7.35. The molecule has 4 nitrogen and oxygen atoms in total. The molecule has 0 aliphatic heterocycles. The molecule has 0 spiro atoms. The zero-order valence-corrected chi connectivity index (χ0v) is 8.94. The lowest BCUT2D eigenvalue weighted by atomic mass is 10.2. The van der Waals surface area contributed by atoms with Gasteiger partial charge in [0.2, 0.25) is 0 Å². The van der Waals surface area contributed by atoms with Gasteiger partial charge in [-0.15, -0.1) is 0 Å². The largest absolute Gasteiger partial charge is 0.382 e. The van der Waals surface area contributed by atoms with E-state index in [0.29, 0.717) is 0 Å². The lowest BCUT2D eigenvalue weighted by Crippen LogP contribution is -2.12. The van der Waals surface area contributed by atoms with E-state index in [1.807, 2.05) is 26.4 Å². The van der Waals surface area contributed by atoms with Gasteiger partial charge in [0.15, 0.2) is 0 Å². The van der Waals surface area contributed by atoms with Crippen LogP contribution < -0.4 is 5.73 Å². The van der Waals surface area contributed by atoms with E-state index in [1.165, 1.54) is 0 Å². The second kappa shape index (κ2) is 5.78. The molecule has 80 valence electrons. The molecule has 1 aromatic heterocycles. The normalized spacial score (nSPS) is 13.1. The lowest BCUT2D eigenvalue weighted by molar-refractivity contribution is 0.141. The number of rotatable bonds is 6. The number of nitrogens with zero attached hydrogens (tertiary/aromatic N) is 2. The summed E-state index contributed by atoms with van der Waals surface area (Å²) in [5.41, 5.74) is 6.88. The summed E-state index contributed by atoms with van der Waals surface area (Å²) in [4.78, 5) is 4.08. The van der Waals surface area contributed by atoms with Crippen LogP contribution in [0.25, 0.3) is 0 Å². The first-order valence-electron chi connectivity index (χ1n) is 5.09. The Morgan fingerprint density at radius 2 is 2.43 bits per heavy atom. The first kappa shape index (κ1) is 11.2. The third kappa shape index (κ3) is 3.12. The maximum atomic E-state index is 5.80. The zero-order chi connectivity index (χ0) is 10.4. The van der Waals surface area contributed by atoms with Crippen molar-refractivity contribution in [3.63, 3.8) is 0 Å². The van der Waals surface area contributed by atoms with Crippen molar-refractivity contribution in [2.24, 2.45) is 5.73 Å². The van der Waals surface area contributed by atoms with Crippen molar-refractivity contribution in [2.45, 2.75) is 32.9 Å². The molecule has 0 fully saturated rings. The smallest absolute Gasteiger partial charge is 0.0948 e. The van der Waals surface area contributed by atoms with Gasteiger partial charge in [-0.1, -0.05) is 0 Å². The van der Waals surface area contributed by atoms with Gasteiger partial charge in [0.05, 0.1) is 12.0 Å². The quantitative estimate of drug-likeness (QED) is 0.700. The Bertz CT molecular complexity index is 258. The van der Waals surface area contributed by atoms with Crippen LogP contribution in [0.1, 0.15) is 32.0 Å². The second-order valence-electron chi connectivity index (χ2n) is 3.35. The standard InChI is InChI=1S/C10H19N3O/c1-3-14-6-4-5-13-8-12-7-10(13)9(2)11/h7-9H,3-6,11H2,1-2H3/t9-/m1/s1. The summed E-state index contributed by atoms with van der Waals surface area (Å²) in [5, 5.41) is 0. The number of nitrogens with two attached hydrogens (primary N) is 1. The molecule has 0 unspecified atom stereocenters. The van der Waals surface area contributed by atoms with Crippen LogP contribution in [0.15, 0.2) is 12.5 Å². The fourth-order valence-electron chi connectivity index (χ4n) is 1.38. The van der Waals surface area contributed by atoms with Gasteiger partial charge in [-0.2, -0.15) is 0 Å². The van der Waals surface area contributed by atoms with E-state index in [0.717, 1.165) is 31.9 Å². The number of aryl methyl sites for hydroxylation is 1. The lowest BCUT2D eigenvalue weighted by Gasteiger charge is -2.10. The van der Waals surface area contributed by atoms with E-state index in [-0.39, 0.29) is 6.04 Å². The van der Waals surface area contributed by atoms with Gasteiger partial charge in [0.1, 0.15) is 0 Å². The molecular weight excluding hydrogens is 178 g/mol. The summed E-state index contributed by atoms with van der Waals surface area (Å²) in [7, 11) is 0. The van der Waals surface area contributed by atoms with Crippen LogP contribution >= 0.6 is 0 Å². The minimum absolute atomic E-state index is 0.0459. The molecule has 0 saturated heterocycles. The minimum Gasteiger partial charge on any atom is -0.382 e. The highest BCUT2D eigenvalue weighted by molar-refractivity contribution is 5.02. The molecule has 1 aromatic rings. The average molecular weight is 197 g/mol. The number of hydrogen-bond acceptors (Lipinski definition) is 3. The molecule has 0 amide bonds. The molecule has 0 bridgehead atoms. The predicted octanol–water partition coefficient (Wildman–Crippen LogP) is 1.33. The van der Waals surface area contributed by atoms with Crippen LogP contribution in [-0.2, 0) is 11.3 Å². The summed E-state index contributed by atoms with van der Waals surface area (Å²) in [5.74, 6) is 0. The molecule has 0 aromatic carbocycles. The summed E-state index contributed by atoms with van der Waals surface area (Å²) in [6.07, 6.45) is 4.65. The number of hydrogen-bond donors (Lipinski definition) is 1. The van der Waals surface area contributed by atoms with Gasteiger partial charge in [-0.3, -0.25) is 0 Å². The highest BCUT2D eigenvalue weighted by Gasteiger charge is 2.05. The Hall–Kier alpha value is -0.870. The fraction of sp³-hybridized carbons (Fsp3) is 0.700. The maximum Gasteiger partial charge on any atom is 0.0948 e. The molecule has 2 N–H and O–H groups in total. The van der Waals surface area contributed by atoms with Gasteiger partial charge in [0, 0.05) is 32.0 Å². The van der Waals surface area contributed by atoms with Crippen molar-refractivity contribution in [1.82, 2.24) is 9.55 Å². The van der Waals surface area contributed by atoms with Crippen molar-refractivity contribution in [3.8, 4) is 0 Å². The molecule has 4 heteroatoms. The third-order valence-electron chi connectivity index (χ3n) is 2.10. The summed E-state index contributed by atoms with van der Waals surface area (Å²) in [6.45, 7) is 6.48. The van der Waals surface area contributed by atoms with Crippen LogP contribution in [-0.4, -0.2) is 22.8 Å². The first-order valence-corrected chi connectivity index (χ1v) is 5.09. The average Bonchev–Trinajstić information content (AvgIpc) is 2.60. The first-order chi connectivity index (χ1) is 6.75. The Kier molecular flexibility index (Phi) is 4.62. The number of imidazole rings is 1. The summed E-state index contributed by atoms with van der Waals surface area (Å²) >= 11 is 0. The van der Waals surface area contributed by atoms with Crippen molar-refractivity contribution in [1.29, 1.82) is 0 Å². The van der Waals surface area contributed by atoms with Gasteiger partial charge >= 0.3 is 0 Å². The SMILES string of the molecule is CCOCCCn1cncc1[C@@H](C)N. The van der Waals surface area contributed by atoms with Crippen molar-refractivity contribution < 1.29 is 4.74 Å². The predicted molar refractivity (Wildman–Crippen MR) is 55.9 cm³/mol. The van der Waals surface area contributed by atoms with Crippen LogP contribution in [0.3, 0.4) is 0 Å². The third-order valence-corrected chi connectivity index (χ3v) is 2.10. The van der Waals surface area contributed by atoms with E-state index in [2.05, 4.69) is 9.55 Å². The highest BCUT2D eigenvalue weighted by atomic mass is 16.5. The second-order valence-corrected chi connectivity index (χ2v) is 3.35. The molecule has 0 aliphatic rings. The van der Waals surface area contributed by atoms with E-state index in [1.54, 1.807) is 0 Å². The molecule has 1 rings (SSSR count). The van der Waals surface area contributed by atoms with Crippen LogP contribution in [0, 0.1) is 0 Å². The number of aromatic nitrogens is 2. The Balaban J connectivity index is 2.38. The van der Waals surface area contributed by atoms with Crippen molar-refractivity contribution in [3.05, 3.63) is 18.2 Å². The molecule has 1 atom stereocenters. The molecule has 1 heterocycles.